The van der Waals surface area contributed by atoms with Gasteiger partial charge in [-0.3, -0.25) is 0 Å². The molecule has 0 aliphatic carbocycles. The van der Waals surface area contributed by atoms with Crippen LogP contribution < -0.4 is 0 Å². The van der Waals surface area contributed by atoms with E-state index in [1.165, 1.54) is 0 Å². The van der Waals surface area contributed by atoms with Crippen molar-refractivity contribution in [2.75, 3.05) is 0 Å². The van der Waals surface area contributed by atoms with E-state index in [-0.39, 0.29) is 13.1 Å². The van der Waals surface area contributed by atoms with Crippen molar-refractivity contribution in [3.8, 4) is 0 Å². The van der Waals surface area contributed by atoms with Crippen LogP contribution in [-0.2, 0) is 13.1 Å². The summed E-state index contributed by atoms with van der Waals surface area (Å²) in [6, 6.07) is 23.8. The molecule has 136 valence electrons. The Morgan fingerprint density at radius 2 is 1.04 bits per heavy atom. The van der Waals surface area contributed by atoms with E-state index in [2.05, 4.69) is 14.4 Å². The van der Waals surface area contributed by atoms with Gasteiger partial charge in [0.05, 0.1) is 11.4 Å². The molecule has 0 saturated carbocycles. The van der Waals surface area contributed by atoms with Gasteiger partial charge < -0.3 is 4.42 Å². The third-order valence-corrected chi connectivity index (χ3v) is 3.49. The van der Waals surface area contributed by atoms with E-state index in [0.717, 1.165) is 34.3 Å². The van der Waals surface area contributed by atoms with E-state index in [4.69, 9.17) is 20.2 Å². The molecule has 1 heterocycles. The monoisotopic (exact) mass is 429 g/mol. The normalized spacial score (nSPS) is 11.8. The Labute approximate surface area is 168 Å². The van der Waals surface area contributed by atoms with Crippen LogP contribution >= 0.6 is 20.2 Å². The third kappa shape index (κ3) is 6.47. The van der Waals surface area contributed by atoms with Crippen molar-refractivity contribution in [1.82, 2.24) is 0 Å². The van der Waals surface area contributed by atoms with Gasteiger partial charge in [0.2, 0.25) is 0 Å². The number of hydrogen-bond acceptors (Lipinski definition) is 2. The summed E-state index contributed by atoms with van der Waals surface area (Å²) >= 11 is 0.194. The molecule has 3 nitrogen and oxygen atoms in total. The molecule has 6 heteroatoms. The number of aliphatic imine (C=N–C) groups is 2. The zero-order valence-corrected chi connectivity index (χ0v) is 17.0. The fraction of sp³-hybridized carbons (Fsp3) is 0.100. The summed E-state index contributed by atoms with van der Waals surface area (Å²) in [4.78, 5) is 9.20. The van der Waals surface area contributed by atoms with Crippen molar-refractivity contribution in [2.45, 2.75) is 13.8 Å². The summed E-state index contributed by atoms with van der Waals surface area (Å²) < 4.78 is 4.64. The standard InChI is InChI=1S/C20H18N2O.2ClH.Fe/c1-15(21-17-9-5-3-6-10-17)19-13-14-20(23-19)16(2)22-18-11-7-4-8-12-18;;;/h3-14H,1-2H3;2*1H;/q;;;+2/p-1. The molecule has 0 fully saturated rings. The fourth-order valence-corrected chi connectivity index (χ4v) is 2.27. The van der Waals surface area contributed by atoms with E-state index in [9.17, 15) is 0 Å². The summed E-state index contributed by atoms with van der Waals surface area (Å²) in [5.74, 6) is 1.76. The van der Waals surface area contributed by atoms with Crippen LogP contribution in [0.3, 0.4) is 0 Å². The molecule has 0 spiro atoms. The molecule has 0 amide bonds. The quantitative estimate of drug-likeness (QED) is 0.242. The number of nitrogens with zero attached hydrogens (tertiary/aromatic N) is 2. The Kier molecular flexibility index (Phi) is 8.66. The van der Waals surface area contributed by atoms with Crippen LogP contribution in [0.5, 0.6) is 0 Å². The Morgan fingerprint density at radius 1 is 0.692 bits per heavy atom. The van der Waals surface area contributed by atoms with Crippen molar-refractivity contribution >= 4 is 43.0 Å². The molecule has 0 unspecified atom stereocenters. The molecule has 3 aromatic rings. The first-order valence-corrected chi connectivity index (χ1v) is 10.9. The SMILES string of the molecule is CC(=Nc1ccccc1)c1ccc(C(C)=Nc2ccccc2)[oH+]1.[Cl][Fe][Cl]. The summed E-state index contributed by atoms with van der Waals surface area (Å²) in [5, 5.41) is 0. The van der Waals surface area contributed by atoms with E-state index in [1.54, 1.807) is 0 Å². The molecule has 0 saturated heterocycles. The maximum absolute atomic E-state index is 4.76. The Morgan fingerprint density at radius 3 is 1.38 bits per heavy atom. The second-order valence-electron chi connectivity index (χ2n) is 5.33. The van der Waals surface area contributed by atoms with Crippen molar-refractivity contribution in [3.05, 3.63) is 84.3 Å². The van der Waals surface area contributed by atoms with Gasteiger partial charge in [-0.25, -0.2) is 9.98 Å². The van der Waals surface area contributed by atoms with Crippen molar-refractivity contribution in [1.29, 1.82) is 0 Å². The molecule has 1 aromatic heterocycles. The summed E-state index contributed by atoms with van der Waals surface area (Å²) in [6.07, 6.45) is 0. The van der Waals surface area contributed by atoms with Crippen LogP contribution in [0, 0.1) is 0 Å². The average molecular weight is 430 g/mol. The number of para-hydroxylation sites is 2. The van der Waals surface area contributed by atoms with E-state index in [0.29, 0.717) is 0 Å². The van der Waals surface area contributed by atoms with Gasteiger partial charge in [-0.05, 0) is 38.1 Å². The van der Waals surface area contributed by atoms with Crippen LogP contribution in [0.25, 0.3) is 0 Å². The maximum atomic E-state index is 4.76. The van der Waals surface area contributed by atoms with Gasteiger partial charge >= 0.3 is 33.3 Å². The van der Waals surface area contributed by atoms with Gasteiger partial charge in [-0.2, -0.15) is 0 Å². The molecule has 0 atom stereocenters. The summed E-state index contributed by atoms with van der Waals surface area (Å²) in [7, 11) is 9.53. The molecule has 2 aromatic carbocycles. The fourth-order valence-electron chi connectivity index (χ4n) is 2.27. The number of rotatable bonds is 4. The van der Waals surface area contributed by atoms with Gasteiger partial charge in [-0.1, -0.05) is 36.4 Å². The number of hydrogen-bond donors (Lipinski definition) is 0. The van der Waals surface area contributed by atoms with Gasteiger partial charge in [0.15, 0.2) is 0 Å². The number of furan rings is 1. The van der Waals surface area contributed by atoms with Crippen LogP contribution in [0.15, 0.2) is 87.2 Å². The van der Waals surface area contributed by atoms with Gasteiger partial charge in [-0.15, -0.1) is 0 Å². The molecule has 3 rings (SSSR count). The first-order valence-electron chi connectivity index (χ1n) is 7.84. The Balaban J connectivity index is 0.000000758. The Bertz CT molecular complexity index is 792. The second kappa shape index (κ2) is 11.0. The van der Waals surface area contributed by atoms with Crippen LogP contribution in [0.1, 0.15) is 25.4 Å². The molecule has 0 radical (unpaired) electrons. The zero-order valence-electron chi connectivity index (χ0n) is 14.4. The van der Waals surface area contributed by atoms with Crippen molar-refractivity contribution in [2.24, 2.45) is 9.98 Å². The molecule has 26 heavy (non-hydrogen) atoms. The summed E-state index contributed by atoms with van der Waals surface area (Å²) in [6.45, 7) is 3.95. The molecule has 0 aliphatic heterocycles. The van der Waals surface area contributed by atoms with Gasteiger partial charge in [0.1, 0.15) is 11.4 Å². The number of benzene rings is 2. The second-order valence-corrected chi connectivity index (χ2v) is 7.16. The molecular formula is C20H19Cl2FeN2O+. The van der Waals surface area contributed by atoms with Gasteiger partial charge in [0.25, 0.3) is 11.5 Å². The van der Waals surface area contributed by atoms with E-state index >= 15 is 0 Å². The van der Waals surface area contributed by atoms with E-state index in [1.807, 2.05) is 86.6 Å². The van der Waals surface area contributed by atoms with Crippen LogP contribution in [0.4, 0.5) is 11.4 Å². The minimum absolute atomic E-state index is 0.194. The zero-order chi connectivity index (χ0) is 18.8. The van der Waals surface area contributed by atoms with Crippen molar-refractivity contribution < 1.29 is 17.6 Å². The first kappa shape index (κ1) is 20.5. The van der Waals surface area contributed by atoms with Gasteiger partial charge in [0, 0.05) is 12.1 Å². The average Bonchev–Trinajstić information content (AvgIpc) is 3.15. The van der Waals surface area contributed by atoms with Crippen molar-refractivity contribution in [3.63, 3.8) is 0 Å². The Hall–Kier alpha value is -1.84. The predicted octanol–water partition coefficient (Wildman–Crippen LogP) is 7.05. The predicted molar refractivity (Wildman–Crippen MR) is 108 cm³/mol. The molecule has 0 bridgehead atoms. The summed E-state index contributed by atoms with van der Waals surface area (Å²) in [5.41, 5.74) is 3.67. The topological polar surface area (TPSA) is 37.5 Å². The third-order valence-electron chi connectivity index (χ3n) is 3.49. The number of halogens is 2. The van der Waals surface area contributed by atoms with Crippen LogP contribution in [-0.4, -0.2) is 11.4 Å². The van der Waals surface area contributed by atoms with E-state index < -0.39 is 0 Å². The first-order chi connectivity index (χ1) is 12.6. The molecule has 1 N–H and O–H groups in total. The molecule has 0 aliphatic rings. The molecular weight excluding hydrogens is 411 g/mol. The van der Waals surface area contributed by atoms with Crippen LogP contribution in [0.2, 0.25) is 0 Å². The minimum atomic E-state index is 0.194.